The molecule has 1 aliphatic carbocycles. The summed E-state index contributed by atoms with van der Waals surface area (Å²) in [5, 5.41) is 2.97. The van der Waals surface area contributed by atoms with Crippen LogP contribution in [0.4, 0.5) is 20.2 Å². The molecule has 0 aliphatic heterocycles. The maximum absolute atomic E-state index is 14.3. The number of anilines is 2. The summed E-state index contributed by atoms with van der Waals surface area (Å²) in [6.45, 7) is 8.00. The molecule has 0 spiro atoms. The Balaban J connectivity index is 0.000000519. The van der Waals surface area contributed by atoms with Gasteiger partial charge in [0, 0.05) is 17.8 Å². The Morgan fingerprint density at radius 3 is 2.06 bits per heavy atom. The third-order valence-electron chi connectivity index (χ3n) is 4.92. The molecule has 0 bridgehead atoms. The fraction of sp³-hybridized carbons (Fsp3) is 0.370. The van der Waals surface area contributed by atoms with Gasteiger partial charge in [-0.1, -0.05) is 78.4 Å². The van der Waals surface area contributed by atoms with Crippen molar-refractivity contribution in [2.24, 2.45) is 0 Å². The average molecular weight is 503 g/mol. The van der Waals surface area contributed by atoms with Crippen LogP contribution in [0.1, 0.15) is 76.7 Å². The van der Waals surface area contributed by atoms with Gasteiger partial charge in [-0.25, -0.2) is 13.8 Å². The number of halogens is 2. The minimum atomic E-state index is -0.816. The third kappa shape index (κ3) is 9.33. The maximum Gasteiger partial charge on any atom is 0.276 e. The van der Waals surface area contributed by atoms with E-state index in [1.807, 2.05) is 27.7 Å². The van der Waals surface area contributed by atoms with E-state index < -0.39 is 17.5 Å². The van der Waals surface area contributed by atoms with Crippen molar-refractivity contribution in [1.29, 1.82) is 0 Å². The number of hydrogen-bond acceptors (Lipinski definition) is 4. The van der Waals surface area contributed by atoms with Crippen molar-refractivity contribution >= 4 is 31.8 Å². The number of carbonyl (C=O) groups excluding carboxylic acids is 1. The minimum absolute atomic E-state index is 0.0413. The van der Waals surface area contributed by atoms with Crippen LogP contribution in [0.15, 0.2) is 48.8 Å². The first kappa shape index (κ1) is 30.1. The number of hydrogen-bond donors (Lipinski definition) is 2. The van der Waals surface area contributed by atoms with Gasteiger partial charge in [0.2, 0.25) is 0 Å². The highest BCUT2D eigenvalue weighted by Crippen LogP contribution is 2.27. The summed E-state index contributed by atoms with van der Waals surface area (Å²) in [7, 11) is 2.31. The van der Waals surface area contributed by atoms with Crippen LogP contribution in [0, 0.1) is 11.6 Å². The van der Waals surface area contributed by atoms with E-state index in [9.17, 15) is 13.6 Å². The quantitative estimate of drug-likeness (QED) is 0.373. The minimum Gasteiger partial charge on any atom is -0.397 e. The fourth-order valence-corrected chi connectivity index (χ4v) is 3.72. The number of nitrogens with two attached hydrogens (primary N) is 1. The molecule has 3 aromatic rings. The first-order valence-electron chi connectivity index (χ1n) is 12.2. The van der Waals surface area contributed by atoms with Gasteiger partial charge < -0.3 is 11.1 Å². The van der Waals surface area contributed by atoms with Gasteiger partial charge in [0.15, 0.2) is 11.5 Å². The molecule has 3 N–H and O–H groups in total. The van der Waals surface area contributed by atoms with Gasteiger partial charge in [-0.05, 0) is 23.5 Å². The topological polar surface area (TPSA) is 80.9 Å². The Bertz CT molecular complexity index is 1010. The lowest BCUT2D eigenvalue weighted by atomic mass is 10.0. The number of nitrogen functional groups attached to an aromatic ring is 1. The molecule has 1 atom stereocenters. The highest BCUT2D eigenvalue weighted by molar-refractivity contribution is 7.28. The highest BCUT2D eigenvalue weighted by atomic mass is 31.0. The van der Waals surface area contributed by atoms with Crippen molar-refractivity contribution in [3.05, 3.63) is 66.1 Å². The molecule has 1 saturated carbocycles. The van der Waals surface area contributed by atoms with Gasteiger partial charge in [0.05, 0.1) is 17.6 Å². The molecule has 1 aromatic carbocycles. The predicted octanol–water partition coefficient (Wildman–Crippen LogP) is 7.15. The van der Waals surface area contributed by atoms with Crippen molar-refractivity contribution in [3.8, 4) is 11.3 Å². The van der Waals surface area contributed by atoms with Crippen molar-refractivity contribution in [2.45, 2.75) is 66.2 Å². The summed E-state index contributed by atoms with van der Waals surface area (Å²) in [6.07, 6.45) is 12.0. The summed E-state index contributed by atoms with van der Waals surface area (Å²) in [6, 6.07) is 8.50. The highest BCUT2D eigenvalue weighted by Gasteiger charge is 2.20. The molecule has 1 amide bonds. The van der Waals surface area contributed by atoms with Crippen molar-refractivity contribution in [3.63, 3.8) is 0 Å². The summed E-state index contributed by atoms with van der Waals surface area (Å²) < 4.78 is 28.4. The Labute approximate surface area is 210 Å². The lowest BCUT2D eigenvalue weighted by Crippen LogP contribution is -2.18. The zero-order valence-electron chi connectivity index (χ0n) is 21.1. The van der Waals surface area contributed by atoms with Crippen LogP contribution in [0.3, 0.4) is 0 Å². The number of amides is 1. The van der Waals surface area contributed by atoms with Gasteiger partial charge in [-0.2, -0.15) is 0 Å². The van der Waals surface area contributed by atoms with E-state index >= 15 is 0 Å². The first-order valence-corrected chi connectivity index (χ1v) is 12.8. The second-order valence-corrected chi connectivity index (χ2v) is 7.90. The summed E-state index contributed by atoms with van der Waals surface area (Å²) in [4.78, 5) is 20.2. The Kier molecular flexibility index (Phi) is 14.3. The molecule has 1 aliphatic rings. The SMILES string of the molecule is C1CCCCC1.CC.CC.Nc1cc(F)c(-c2c(F)cccc2P)nc1C(=O)Nc1cccnc1. The van der Waals surface area contributed by atoms with Crippen molar-refractivity contribution in [1.82, 2.24) is 9.97 Å². The normalized spacial score (nSPS) is 12.0. The largest absolute Gasteiger partial charge is 0.397 e. The summed E-state index contributed by atoms with van der Waals surface area (Å²) >= 11 is 0. The number of rotatable bonds is 3. The molecule has 5 nitrogen and oxygen atoms in total. The maximum atomic E-state index is 14.3. The van der Waals surface area contributed by atoms with Crippen LogP contribution in [0.5, 0.6) is 0 Å². The molecule has 8 heteroatoms. The van der Waals surface area contributed by atoms with Gasteiger partial charge in [-0.15, -0.1) is 9.24 Å². The van der Waals surface area contributed by atoms with Crippen LogP contribution in [-0.4, -0.2) is 15.9 Å². The Morgan fingerprint density at radius 2 is 1.54 bits per heavy atom. The number of nitrogens with zero attached hydrogens (tertiary/aromatic N) is 2. The number of nitrogens with one attached hydrogen (secondary N) is 1. The number of pyridine rings is 2. The van der Waals surface area contributed by atoms with E-state index in [1.54, 1.807) is 24.4 Å². The molecular weight excluding hydrogens is 465 g/mol. The van der Waals surface area contributed by atoms with E-state index in [2.05, 4.69) is 24.5 Å². The molecule has 0 radical (unpaired) electrons. The molecule has 1 unspecified atom stereocenters. The lowest BCUT2D eigenvalue weighted by Gasteiger charge is -2.12. The summed E-state index contributed by atoms with van der Waals surface area (Å²) in [5.41, 5.74) is 5.47. The number of carbonyl (C=O) groups is 1. The van der Waals surface area contributed by atoms with Crippen LogP contribution in [0.25, 0.3) is 11.3 Å². The Hall–Kier alpha value is -2.92. The molecule has 4 rings (SSSR count). The van der Waals surface area contributed by atoms with Crippen molar-refractivity contribution in [2.75, 3.05) is 11.1 Å². The van der Waals surface area contributed by atoms with Gasteiger partial charge >= 0.3 is 0 Å². The Morgan fingerprint density at radius 1 is 0.943 bits per heavy atom. The molecule has 0 saturated heterocycles. The second kappa shape index (κ2) is 16.7. The molecular formula is C27H37F2N4OP. The predicted molar refractivity (Wildman–Crippen MR) is 146 cm³/mol. The molecule has 2 aromatic heterocycles. The first-order chi connectivity index (χ1) is 17.0. The van der Waals surface area contributed by atoms with Gasteiger partial charge in [0.1, 0.15) is 11.5 Å². The zero-order valence-corrected chi connectivity index (χ0v) is 22.2. The van der Waals surface area contributed by atoms with E-state index in [0.29, 0.717) is 11.0 Å². The zero-order chi connectivity index (χ0) is 26.2. The second-order valence-electron chi connectivity index (χ2n) is 7.28. The van der Waals surface area contributed by atoms with Crippen LogP contribution in [0.2, 0.25) is 0 Å². The van der Waals surface area contributed by atoms with E-state index in [4.69, 9.17) is 5.73 Å². The van der Waals surface area contributed by atoms with Gasteiger partial charge in [0.25, 0.3) is 5.91 Å². The molecule has 35 heavy (non-hydrogen) atoms. The third-order valence-corrected chi connectivity index (χ3v) is 5.40. The number of benzene rings is 1. The smallest absolute Gasteiger partial charge is 0.276 e. The molecule has 190 valence electrons. The lowest BCUT2D eigenvalue weighted by molar-refractivity contribution is 0.102. The molecule has 1 fully saturated rings. The van der Waals surface area contributed by atoms with E-state index in [1.165, 1.54) is 56.9 Å². The fourth-order valence-electron chi connectivity index (χ4n) is 3.34. The summed E-state index contributed by atoms with van der Waals surface area (Å²) in [5.74, 6) is -2.11. The standard InChI is InChI=1S/C17H13F2N4OP.C6H12.2C2H6/c18-10-4-1-5-13(25)14(10)15-11(19)7-12(20)16(23-15)17(24)22-9-3-2-6-21-8-9;1-2-4-6-5-3-1;2*1-2/h1-8H,20,25H2,(H,22,24);1-6H2;2*1-2H3. The molecule has 2 heterocycles. The van der Waals surface area contributed by atoms with E-state index in [0.717, 1.165) is 6.07 Å². The number of aromatic nitrogens is 2. The average Bonchev–Trinajstić information content (AvgIpc) is 2.89. The van der Waals surface area contributed by atoms with E-state index in [-0.39, 0.29) is 22.6 Å². The van der Waals surface area contributed by atoms with Gasteiger partial charge in [-0.3, -0.25) is 9.78 Å². The van der Waals surface area contributed by atoms with Crippen LogP contribution in [-0.2, 0) is 0 Å². The monoisotopic (exact) mass is 502 g/mol. The van der Waals surface area contributed by atoms with Crippen molar-refractivity contribution < 1.29 is 13.6 Å². The van der Waals surface area contributed by atoms with Crippen LogP contribution >= 0.6 is 9.24 Å². The van der Waals surface area contributed by atoms with Crippen LogP contribution < -0.4 is 16.4 Å².